The van der Waals surface area contributed by atoms with Crippen LogP contribution in [0.4, 0.5) is 0 Å². The smallest absolute Gasteiger partial charge is 0.206 e. The molecule has 3 aliphatic rings. The molecular formula is C30H34O6P2. The number of ether oxygens (including phenoxy) is 4. The zero-order chi connectivity index (χ0) is 26.3. The van der Waals surface area contributed by atoms with Crippen molar-refractivity contribution in [3.8, 4) is 0 Å². The molecule has 3 heterocycles. The van der Waals surface area contributed by atoms with E-state index in [-0.39, 0.29) is 24.4 Å². The summed E-state index contributed by atoms with van der Waals surface area (Å²) >= 11 is 0. The molecular weight excluding hydrogens is 518 g/mol. The van der Waals surface area contributed by atoms with E-state index in [0.29, 0.717) is 13.2 Å². The molecule has 6 rings (SSSR count). The highest BCUT2D eigenvalue weighted by atomic mass is 31.2. The van der Waals surface area contributed by atoms with E-state index in [1.165, 1.54) is 15.9 Å². The summed E-state index contributed by atoms with van der Waals surface area (Å²) in [6.45, 7) is 8.62. The van der Waals surface area contributed by atoms with Gasteiger partial charge in [0.2, 0.25) is 8.38 Å². The minimum atomic E-state index is -1.40. The van der Waals surface area contributed by atoms with Crippen molar-refractivity contribution in [3.63, 3.8) is 0 Å². The van der Waals surface area contributed by atoms with Crippen molar-refractivity contribution in [1.29, 1.82) is 0 Å². The van der Waals surface area contributed by atoms with Crippen molar-refractivity contribution in [2.75, 3.05) is 13.2 Å². The van der Waals surface area contributed by atoms with Crippen LogP contribution < -0.4 is 21.2 Å². The molecule has 0 amide bonds. The van der Waals surface area contributed by atoms with Crippen molar-refractivity contribution in [2.45, 2.75) is 63.7 Å². The van der Waals surface area contributed by atoms with Gasteiger partial charge in [0.1, 0.15) is 24.4 Å². The van der Waals surface area contributed by atoms with E-state index in [0.717, 1.165) is 5.30 Å². The van der Waals surface area contributed by atoms with Gasteiger partial charge in [0.05, 0.1) is 13.2 Å². The van der Waals surface area contributed by atoms with Crippen molar-refractivity contribution >= 4 is 37.5 Å². The van der Waals surface area contributed by atoms with Gasteiger partial charge in [-0.2, -0.15) is 0 Å². The van der Waals surface area contributed by atoms with Gasteiger partial charge in [0.25, 0.3) is 0 Å². The average molecular weight is 553 g/mol. The minimum Gasteiger partial charge on any atom is -0.348 e. The van der Waals surface area contributed by atoms with Crippen LogP contribution in [0.25, 0.3) is 0 Å². The molecule has 6 nitrogen and oxygen atoms in total. The Kier molecular flexibility index (Phi) is 7.45. The van der Waals surface area contributed by atoms with Crippen LogP contribution in [0.5, 0.6) is 0 Å². The molecule has 0 unspecified atom stereocenters. The molecule has 0 spiro atoms. The quantitative estimate of drug-likeness (QED) is 0.421. The van der Waals surface area contributed by atoms with Gasteiger partial charge in [0.15, 0.2) is 11.6 Å². The number of hydrogen-bond donors (Lipinski definition) is 0. The fourth-order valence-electron chi connectivity index (χ4n) is 5.18. The van der Waals surface area contributed by atoms with Crippen LogP contribution in [0.1, 0.15) is 27.7 Å². The SMILES string of the molecule is CC1(C)OC[C@H]([C@H]2OP(c3ccccc3P(c3ccccc3)c3ccccc3)O[C@@H]2[C@H]2COC(C)(C)O2)O1. The van der Waals surface area contributed by atoms with E-state index in [9.17, 15) is 0 Å². The summed E-state index contributed by atoms with van der Waals surface area (Å²) in [7, 11) is -2.22. The first kappa shape index (κ1) is 26.5. The minimum absolute atomic E-state index is 0.258. The van der Waals surface area contributed by atoms with Crippen LogP contribution in [0.2, 0.25) is 0 Å². The summed E-state index contributed by atoms with van der Waals surface area (Å²) in [5, 5.41) is 4.89. The topological polar surface area (TPSA) is 55.4 Å². The van der Waals surface area contributed by atoms with Crippen LogP contribution in [-0.2, 0) is 28.0 Å². The average Bonchev–Trinajstić information content (AvgIpc) is 3.61. The molecule has 3 fully saturated rings. The molecule has 0 bridgehead atoms. The third-order valence-corrected chi connectivity index (χ3v) is 11.2. The molecule has 8 heteroatoms. The molecule has 3 aliphatic heterocycles. The second-order valence-corrected chi connectivity index (χ2v) is 14.2. The molecule has 200 valence electrons. The molecule has 0 aliphatic carbocycles. The Morgan fingerprint density at radius 1 is 0.632 bits per heavy atom. The first-order chi connectivity index (χ1) is 18.3. The first-order valence-corrected chi connectivity index (χ1v) is 15.6. The third-order valence-electron chi connectivity index (χ3n) is 6.90. The molecule has 0 radical (unpaired) electrons. The Balaban J connectivity index is 1.37. The predicted octanol–water partition coefficient (Wildman–Crippen LogP) is 4.47. The maximum absolute atomic E-state index is 6.79. The number of benzene rings is 3. The molecule has 3 aromatic carbocycles. The second-order valence-electron chi connectivity index (χ2n) is 10.6. The van der Waals surface area contributed by atoms with E-state index in [1.807, 2.05) is 27.7 Å². The zero-order valence-corrected chi connectivity index (χ0v) is 23.9. The first-order valence-electron chi connectivity index (χ1n) is 13.1. The van der Waals surface area contributed by atoms with Gasteiger partial charge in [0, 0.05) is 5.30 Å². The zero-order valence-electron chi connectivity index (χ0n) is 22.2. The normalized spacial score (nSPS) is 28.8. The summed E-state index contributed by atoms with van der Waals surface area (Å²) in [5.41, 5.74) is 0. The van der Waals surface area contributed by atoms with Gasteiger partial charge in [-0.3, -0.25) is 0 Å². The summed E-state index contributed by atoms with van der Waals surface area (Å²) < 4.78 is 38.0. The monoisotopic (exact) mass is 552 g/mol. The van der Waals surface area contributed by atoms with Crippen LogP contribution >= 0.6 is 16.3 Å². The molecule has 4 atom stereocenters. The van der Waals surface area contributed by atoms with Crippen molar-refractivity contribution in [3.05, 3.63) is 84.9 Å². The Labute approximate surface area is 227 Å². The van der Waals surface area contributed by atoms with Crippen molar-refractivity contribution in [1.82, 2.24) is 0 Å². The Bertz CT molecular complexity index is 1160. The molecule has 38 heavy (non-hydrogen) atoms. The summed E-state index contributed by atoms with van der Waals surface area (Å²) in [4.78, 5) is 0. The lowest BCUT2D eigenvalue weighted by Crippen LogP contribution is -2.45. The van der Waals surface area contributed by atoms with Gasteiger partial charge in [-0.05, 0) is 57.6 Å². The summed E-state index contributed by atoms with van der Waals surface area (Å²) in [6, 6.07) is 29.9. The molecule has 3 saturated heterocycles. The van der Waals surface area contributed by atoms with Crippen molar-refractivity contribution < 1.29 is 28.0 Å². The second kappa shape index (κ2) is 10.7. The summed E-state index contributed by atoms with van der Waals surface area (Å²) in [5.74, 6) is -1.33. The third kappa shape index (κ3) is 5.47. The molecule has 0 aromatic heterocycles. The van der Waals surface area contributed by atoms with Crippen LogP contribution in [0.15, 0.2) is 84.9 Å². The lowest BCUT2D eigenvalue weighted by molar-refractivity contribution is -0.165. The Hall–Kier alpha value is -1.72. The van der Waals surface area contributed by atoms with Crippen LogP contribution in [0.3, 0.4) is 0 Å². The van der Waals surface area contributed by atoms with Gasteiger partial charge < -0.3 is 28.0 Å². The van der Waals surface area contributed by atoms with E-state index in [1.54, 1.807) is 0 Å². The van der Waals surface area contributed by atoms with Gasteiger partial charge in [-0.15, -0.1) is 0 Å². The van der Waals surface area contributed by atoms with Crippen LogP contribution in [0, 0.1) is 0 Å². The van der Waals surface area contributed by atoms with Gasteiger partial charge in [-0.25, -0.2) is 0 Å². The lowest BCUT2D eigenvalue weighted by Gasteiger charge is -2.26. The largest absolute Gasteiger partial charge is 0.348 e. The molecule has 0 N–H and O–H groups in total. The Morgan fingerprint density at radius 3 is 1.53 bits per heavy atom. The van der Waals surface area contributed by atoms with Crippen molar-refractivity contribution in [2.24, 2.45) is 0 Å². The van der Waals surface area contributed by atoms with E-state index in [4.69, 9.17) is 28.0 Å². The highest BCUT2D eigenvalue weighted by Gasteiger charge is 2.53. The summed E-state index contributed by atoms with van der Waals surface area (Å²) in [6.07, 6.45) is -1.19. The maximum Gasteiger partial charge on any atom is 0.206 e. The van der Waals surface area contributed by atoms with E-state index in [2.05, 4.69) is 84.9 Å². The van der Waals surface area contributed by atoms with E-state index >= 15 is 0 Å². The predicted molar refractivity (Wildman–Crippen MR) is 151 cm³/mol. The fraction of sp³-hybridized carbons (Fsp3) is 0.400. The van der Waals surface area contributed by atoms with Crippen LogP contribution in [-0.4, -0.2) is 49.2 Å². The van der Waals surface area contributed by atoms with Gasteiger partial charge in [-0.1, -0.05) is 78.9 Å². The lowest BCUT2D eigenvalue weighted by atomic mass is 10.0. The van der Waals surface area contributed by atoms with Gasteiger partial charge >= 0.3 is 0 Å². The standard InChI is InChI=1S/C30H34O6P2/c1-29(2)31-19-23(33-29)27-28(24-20-32-30(3,4)34-24)36-38(35-27)26-18-12-11-17-25(26)37(21-13-7-5-8-14-21)22-15-9-6-10-16-22/h5-18,23-24,27-28H,19-20H2,1-4H3/t23-,24-,27-,28-/m1/s1. The number of hydrogen-bond acceptors (Lipinski definition) is 6. The number of rotatable bonds is 6. The molecule has 0 saturated carbocycles. The van der Waals surface area contributed by atoms with E-state index < -0.39 is 27.9 Å². The highest BCUT2D eigenvalue weighted by Crippen LogP contribution is 2.53. The molecule has 3 aromatic rings. The highest BCUT2D eigenvalue weighted by molar-refractivity contribution is 7.81. The fourth-order valence-corrected chi connectivity index (χ4v) is 9.76. The Morgan fingerprint density at radius 2 is 1.08 bits per heavy atom. The maximum atomic E-state index is 6.79.